The zero-order valence-corrected chi connectivity index (χ0v) is 8.89. The van der Waals surface area contributed by atoms with Crippen molar-refractivity contribution in [3.63, 3.8) is 0 Å². The predicted molar refractivity (Wildman–Crippen MR) is 60.4 cm³/mol. The Kier molecular flexibility index (Phi) is 3.26. The highest BCUT2D eigenvalue weighted by molar-refractivity contribution is 7.99. The molecule has 1 fully saturated rings. The first-order valence-corrected chi connectivity index (χ1v) is 5.91. The van der Waals surface area contributed by atoms with Crippen LogP contribution in [-0.2, 0) is 0 Å². The highest BCUT2D eigenvalue weighted by Gasteiger charge is 2.14. The summed E-state index contributed by atoms with van der Waals surface area (Å²) in [5.41, 5.74) is 6.59. The lowest BCUT2D eigenvalue weighted by Crippen LogP contribution is -2.23. The lowest BCUT2D eigenvalue weighted by Gasteiger charge is -2.09. The second-order valence-electron chi connectivity index (χ2n) is 3.50. The molecule has 0 spiro atoms. The van der Waals surface area contributed by atoms with Gasteiger partial charge < -0.3 is 11.1 Å². The first-order valence-electron chi connectivity index (χ1n) is 4.93. The van der Waals surface area contributed by atoms with E-state index in [0.717, 1.165) is 23.0 Å². The summed E-state index contributed by atoms with van der Waals surface area (Å²) in [5, 5.41) is 4.42. The lowest BCUT2D eigenvalue weighted by molar-refractivity contribution is 0.673. The van der Waals surface area contributed by atoms with E-state index in [-0.39, 0.29) is 0 Å². The molecule has 0 unspecified atom stereocenters. The fourth-order valence-corrected chi connectivity index (χ4v) is 2.62. The lowest BCUT2D eigenvalue weighted by atomic mass is 10.3. The summed E-state index contributed by atoms with van der Waals surface area (Å²) in [4.78, 5) is 4.25. The van der Waals surface area contributed by atoms with Gasteiger partial charge in [0.2, 0.25) is 0 Å². The molecule has 1 aliphatic heterocycles. The third-order valence-corrected chi connectivity index (χ3v) is 3.57. The number of rotatable bonds is 3. The van der Waals surface area contributed by atoms with Gasteiger partial charge >= 0.3 is 0 Å². The standard InChI is InChI=1S/C10H15N3S/c11-9-4-2-6-13-10(9)14-7-8-3-1-5-12-8/h2,4,6,8,12H,1,3,5,7,11H2/t8-/m1/s1. The highest BCUT2D eigenvalue weighted by Crippen LogP contribution is 2.23. The van der Waals surface area contributed by atoms with E-state index in [9.17, 15) is 0 Å². The molecule has 1 aliphatic rings. The van der Waals surface area contributed by atoms with Crippen LogP contribution in [0.2, 0.25) is 0 Å². The minimum Gasteiger partial charge on any atom is -0.397 e. The maximum atomic E-state index is 5.80. The number of anilines is 1. The van der Waals surface area contributed by atoms with Crippen LogP contribution in [-0.4, -0.2) is 23.3 Å². The molecule has 0 aromatic carbocycles. The van der Waals surface area contributed by atoms with E-state index >= 15 is 0 Å². The van der Waals surface area contributed by atoms with Gasteiger partial charge in [-0.15, -0.1) is 11.8 Å². The highest BCUT2D eigenvalue weighted by atomic mass is 32.2. The van der Waals surface area contributed by atoms with E-state index in [1.54, 1.807) is 18.0 Å². The number of pyridine rings is 1. The van der Waals surface area contributed by atoms with Crippen molar-refractivity contribution >= 4 is 17.4 Å². The number of aromatic nitrogens is 1. The topological polar surface area (TPSA) is 50.9 Å². The van der Waals surface area contributed by atoms with Crippen molar-refractivity contribution < 1.29 is 0 Å². The molecule has 1 aromatic heterocycles. The molecule has 3 N–H and O–H groups in total. The zero-order chi connectivity index (χ0) is 9.80. The van der Waals surface area contributed by atoms with Crippen LogP contribution in [0.4, 0.5) is 5.69 Å². The molecular formula is C10H15N3S. The smallest absolute Gasteiger partial charge is 0.119 e. The molecule has 0 aliphatic carbocycles. The number of nitrogens with zero attached hydrogens (tertiary/aromatic N) is 1. The molecule has 0 amide bonds. The number of hydrogen-bond donors (Lipinski definition) is 2. The minimum absolute atomic E-state index is 0.640. The summed E-state index contributed by atoms with van der Waals surface area (Å²) in [6, 6.07) is 4.41. The van der Waals surface area contributed by atoms with Crippen LogP contribution < -0.4 is 11.1 Å². The van der Waals surface area contributed by atoms with Gasteiger partial charge in [-0.25, -0.2) is 4.98 Å². The van der Waals surface area contributed by atoms with Crippen molar-refractivity contribution in [2.75, 3.05) is 18.0 Å². The van der Waals surface area contributed by atoms with Gasteiger partial charge in [-0.2, -0.15) is 0 Å². The van der Waals surface area contributed by atoms with Crippen LogP contribution in [0.15, 0.2) is 23.4 Å². The fourth-order valence-electron chi connectivity index (χ4n) is 1.60. The second-order valence-corrected chi connectivity index (χ2v) is 4.51. The van der Waals surface area contributed by atoms with E-state index in [1.165, 1.54) is 12.8 Å². The molecule has 3 nitrogen and oxygen atoms in total. The summed E-state index contributed by atoms with van der Waals surface area (Å²) < 4.78 is 0. The van der Waals surface area contributed by atoms with Crippen molar-refractivity contribution in [2.45, 2.75) is 23.9 Å². The number of nitrogens with one attached hydrogen (secondary N) is 1. The molecule has 14 heavy (non-hydrogen) atoms. The van der Waals surface area contributed by atoms with E-state index in [4.69, 9.17) is 5.73 Å². The van der Waals surface area contributed by atoms with Gasteiger partial charge in [-0.1, -0.05) is 0 Å². The maximum absolute atomic E-state index is 5.80. The molecule has 2 rings (SSSR count). The first-order chi connectivity index (χ1) is 6.86. The van der Waals surface area contributed by atoms with Crippen molar-refractivity contribution in [2.24, 2.45) is 0 Å². The van der Waals surface area contributed by atoms with Gasteiger partial charge in [-0.05, 0) is 31.5 Å². The summed E-state index contributed by atoms with van der Waals surface area (Å²) in [5.74, 6) is 1.07. The monoisotopic (exact) mass is 209 g/mol. The maximum Gasteiger partial charge on any atom is 0.119 e. The summed E-state index contributed by atoms with van der Waals surface area (Å²) in [7, 11) is 0. The number of nitrogen functional groups attached to an aromatic ring is 1. The molecule has 1 saturated heterocycles. The Morgan fingerprint density at radius 1 is 1.64 bits per heavy atom. The van der Waals surface area contributed by atoms with Gasteiger partial charge in [0.15, 0.2) is 0 Å². The second kappa shape index (κ2) is 4.66. The number of hydrogen-bond acceptors (Lipinski definition) is 4. The molecule has 0 saturated carbocycles. The quantitative estimate of drug-likeness (QED) is 0.741. The average molecular weight is 209 g/mol. The number of nitrogens with two attached hydrogens (primary N) is 1. The van der Waals surface area contributed by atoms with Crippen molar-refractivity contribution in [3.05, 3.63) is 18.3 Å². The van der Waals surface area contributed by atoms with Gasteiger partial charge in [0.1, 0.15) is 5.03 Å². The fraction of sp³-hybridized carbons (Fsp3) is 0.500. The zero-order valence-electron chi connectivity index (χ0n) is 8.07. The van der Waals surface area contributed by atoms with Crippen LogP contribution in [0.1, 0.15) is 12.8 Å². The Bertz CT molecular complexity index is 297. The normalized spacial score (nSPS) is 21.3. The summed E-state index contributed by atoms with van der Waals surface area (Å²) >= 11 is 1.75. The van der Waals surface area contributed by atoms with Crippen molar-refractivity contribution in [1.29, 1.82) is 0 Å². The largest absolute Gasteiger partial charge is 0.397 e. The van der Waals surface area contributed by atoms with Gasteiger partial charge in [0.25, 0.3) is 0 Å². The molecule has 2 heterocycles. The Balaban J connectivity index is 1.88. The van der Waals surface area contributed by atoms with Gasteiger partial charge in [0, 0.05) is 18.0 Å². The Labute approximate surface area is 88.5 Å². The van der Waals surface area contributed by atoms with Gasteiger partial charge in [-0.3, -0.25) is 0 Å². The first kappa shape index (κ1) is 9.80. The van der Waals surface area contributed by atoms with E-state index in [2.05, 4.69) is 10.3 Å². The third kappa shape index (κ3) is 2.39. The van der Waals surface area contributed by atoms with Crippen molar-refractivity contribution in [3.8, 4) is 0 Å². The SMILES string of the molecule is Nc1cccnc1SC[C@H]1CCCN1. The van der Waals surface area contributed by atoms with Crippen molar-refractivity contribution in [1.82, 2.24) is 10.3 Å². The van der Waals surface area contributed by atoms with Crippen LogP contribution in [0.5, 0.6) is 0 Å². The molecular weight excluding hydrogens is 194 g/mol. The van der Waals surface area contributed by atoms with Gasteiger partial charge in [0.05, 0.1) is 5.69 Å². The van der Waals surface area contributed by atoms with Crippen LogP contribution >= 0.6 is 11.8 Å². The van der Waals surface area contributed by atoms with E-state index in [0.29, 0.717) is 6.04 Å². The van der Waals surface area contributed by atoms with Crippen LogP contribution in [0.25, 0.3) is 0 Å². The molecule has 0 bridgehead atoms. The Morgan fingerprint density at radius 2 is 2.57 bits per heavy atom. The minimum atomic E-state index is 0.640. The van der Waals surface area contributed by atoms with E-state index in [1.807, 2.05) is 12.1 Å². The predicted octanol–water partition coefficient (Wildman–Crippen LogP) is 1.51. The molecule has 76 valence electrons. The average Bonchev–Trinajstić information content (AvgIpc) is 2.69. The molecule has 1 aromatic rings. The van der Waals surface area contributed by atoms with Crippen LogP contribution in [0.3, 0.4) is 0 Å². The number of thioether (sulfide) groups is 1. The molecule has 1 atom stereocenters. The Hall–Kier alpha value is -0.740. The van der Waals surface area contributed by atoms with Crippen LogP contribution in [0, 0.1) is 0 Å². The third-order valence-electron chi connectivity index (χ3n) is 2.38. The summed E-state index contributed by atoms with van der Waals surface area (Å²) in [6.45, 7) is 1.16. The Morgan fingerprint density at radius 3 is 3.29 bits per heavy atom. The molecule has 4 heteroatoms. The summed E-state index contributed by atoms with van der Waals surface area (Å²) in [6.07, 6.45) is 4.36. The molecule has 0 radical (unpaired) electrons. The van der Waals surface area contributed by atoms with E-state index < -0.39 is 0 Å².